The highest BCUT2D eigenvalue weighted by Gasteiger charge is 2.33. The molecular formula is C18H29NO. The molecule has 0 amide bonds. The molecule has 0 radical (unpaired) electrons. The van der Waals surface area contributed by atoms with Crippen molar-refractivity contribution in [1.82, 2.24) is 0 Å². The molecule has 1 aliphatic rings. The number of hydrogen-bond donors (Lipinski definition) is 1. The highest BCUT2D eigenvalue weighted by Crippen LogP contribution is 2.37. The molecule has 1 aromatic carbocycles. The summed E-state index contributed by atoms with van der Waals surface area (Å²) in [5.41, 5.74) is 1.43. The van der Waals surface area contributed by atoms with Gasteiger partial charge in [0.25, 0.3) is 0 Å². The Bertz CT molecular complexity index is 370. The number of aliphatic hydroxyl groups is 1. The Morgan fingerprint density at radius 3 is 2.40 bits per heavy atom. The molecule has 0 aliphatic heterocycles. The van der Waals surface area contributed by atoms with Crippen LogP contribution in [0.5, 0.6) is 0 Å². The number of unbranched alkanes of at least 4 members (excludes halogenated alkanes) is 1. The Balaban J connectivity index is 2.10. The summed E-state index contributed by atoms with van der Waals surface area (Å²) >= 11 is 0. The molecule has 1 saturated carbocycles. The first kappa shape index (κ1) is 15.4. The lowest BCUT2D eigenvalue weighted by Crippen LogP contribution is -2.42. The van der Waals surface area contributed by atoms with Crippen LogP contribution in [0.4, 0.5) is 5.69 Å². The number of nitrogens with zero attached hydrogens (tertiary/aromatic N) is 1. The first-order chi connectivity index (χ1) is 9.79. The zero-order chi connectivity index (χ0) is 14.3. The van der Waals surface area contributed by atoms with E-state index in [1.807, 2.05) is 0 Å². The van der Waals surface area contributed by atoms with Crippen LogP contribution in [0.3, 0.4) is 0 Å². The molecule has 1 aromatic rings. The van der Waals surface area contributed by atoms with Gasteiger partial charge in [-0.25, -0.2) is 0 Å². The Morgan fingerprint density at radius 1 is 1.10 bits per heavy atom. The lowest BCUT2D eigenvalue weighted by molar-refractivity contribution is 0.0879. The minimum absolute atomic E-state index is 0.127. The summed E-state index contributed by atoms with van der Waals surface area (Å²) in [6.07, 6.45) is 8.68. The third kappa shape index (κ3) is 3.99. The molecular weight excluding hydrogens is 246 g/mol. The van der Waals surface area contributed by atoms with E-state index >= 15 is 0 Å². The van der Waals surface area contributed by atoms with Crippen molar-refractivity contribution in [2.24, 2.45) is 5.41 Å². The van der Waals surface area contributed by atoms with Crippen molar-refractivity contribution < 1.29 is 5.11 Å². The zero-order valence-electron chi connectivity index (χ0n) is 12.9. The SMILES string of the molecule is CCCCN(CC1(CO)CCCCC1)c1ccccc1. The molecule has 0 unspecified atom stereocenters. The van der Waals surface area contributed by atoms with Crippen LogP contribution in [0.2, 0.25) is 0 Å². The minimum atomic E-state index is 0.127. The summed E-state index contributed by atoms with van der Waals surface area (Å²) in [6.45, 7) is 4.68. The maximum Gasteiger partial charge on any atom is 0.0504 e. The monoisotopic (exact) mass is 275 g/mol. The smallest absolute Gasteiger partial charge is 0.0504 e. The predicted molar refractivity (Wildman–Crippen MR) is 86.2 cm³/mol. The van der Waals surface area contributed by atoms with E-state index in [1.54, 1.807) is 0 Å². The standard InChI is InChI=1S/C18H29NO/c1-2-3-14-19(17-10-6-4-7-11-17)15-18(16-20)12-8-5-9-13-18/h4,6-7,10-11,20H,2-3,5,8-9,12-16H2,1H3. The molecule has 0 spiro atoms. The maximum absolute atomic E-state index is 9.94. The lowest BCUT2D eigenvalue weighted by atomic mass is 9.74. The summed E-state index contributed by atoms with van der Waals surface area (Å²) in [4.78, 5) is 2.49. The Kier molecular flexibility index (Phi) is 5.90. The fourth-order valence-electron chi connectivity index (χ4n) is 3.36. The van der Waals surface area contributed by atoms with E-state index in [4.69, 9.17) is 0 Å². The van der Waals surface area contributed by atoms with Crippen LogP contribution >= 0.6 is 0 Å². The van der Waals surface area contributed by atoms with Gasteiger partial charge in [0.15, 0.2) is 0 Å². The Labute approximate surface area is 123 Å². The topological polar surface area (TPSA) is 23.5 Å². The highest BCUT2D eigenvalue weighted by atomic mass is 16.3. The molecule has 20 heavy (non-hydrogen) atoms. The molecule has 0 aromatic heterocycles. The van der Waals surface area contributed by atoms with Crippen molar-refractivity contribution >= 4 is 5.69 Å². The van der Waals surface area contributed by atoms with Crippen LogP contribution < -0.4 is 4.90 Å². The second-order valence-corrected chi connectivity index (χ2v) is 6.33. The summed E-state index contributed by atoms with van der Waals surface area (Å²) in [5, 5.41) is 9.94. The number of rotatable bonds is 7. The molecule has 2 rings (SSSR count). The molecule has 1 fully saturated rings. The Hall–Kier alpha value is -1.02. The summed E-state index contributed by atoms with van der Waals surface area (Å²) < 4.78 is 0. The number of anilines is 1. The molecule has 1 N–H and O–H groups in total. The van der Waals surface area contributed by atoms with Crippen molar-refractivity contribution in [3.8, 4) is 0 Å². The fourth-order valence-corrected chi connectivity index (χ4v) is 3.36. The summed E-state index contributed by atoms with van der Waals surface area (Å²) in [6, 6.07) is 10.7. The molecule has 0 atom stereocenters. The maximum atomic E-state index is 9.94. The van der Waals surface area contributed by atoms with Gasteiger partial charge in [0.1, 0.15) is 0 Å². The van der Waals surface area contributed by atoms with E-state index in [9.17, 15) is 5.11 Å². The fraction of sp³-hybridized carbons (Fsp3) is 0.667. The van der Waals surface area contributed by atoms with Gasteiger partial charge >= 0.3 is 0 Å². The number of para-hydroxylation sites is 1. The lowest BCUT2D eigenvalue weighted by Gasteiger charge is -2.41. The van der Waals surface area contributed by atoms with Crippen molar-refractivity contribution in [3.63, 3.8) is 0 Å². The van der Waals surface area contributed by atoms with Gasteiger partial charge < -0.3 is 10.0 Å². The first-order valence-electron chi connectivity index (χ1n) is 8.20. The second-order valence-electron chi connectivity index (χ2n) is 6.33. The summed E-state index contributed by atoms with van der Waals surface area (Å²) in [7, 11) is 0. The molecule has 2 heteroatoms. The summed E-state index contributed by atoms with van der Waals surface area (Å²) in [5.74, 6) is 0. The van der Waals surface area contributed by atoms with Crippen LogP contribution in [-0.4, -0.2) is 24.8 Å². The third-order valence-electron chi connectivity index (χ3n) is 4.68. The van der Waals surface area contributed by atoms with Crippen molar-refractivity contribution in [1.29, 1.82) is 0 Å². The van der Waals surface area contributed by atoms with Gasteiger partial charge in [-0.1, -0.05) is 50.8 Å². The highest BCUT2D eigenvalue weighted by molar-refractivity contribution is 5.46. The van der Waals surface area contributed by atoms with Crippen molar-refractivity contribution in [3.05, 3.63) is 30.3 Å². The van der Waals surface area contributed by atoms with Crippen molar-refractivity contribution in [2.75, 3.05) is 24.6 Å². The van der Waals surface area contributed by atoms with Crippen LogP contribution in [0, 0.1) is 5.41 Å². The van der Waals surface area contributed by atoms with E-state index in [1.165, 1.54) is 50.6 Å². The third-order valence-corrected chi connectivity index (χ3v) is 4.68. The molecule has 0 bridgehead atoms. The zero-order valence-corrected chi connectivity index (χ0v) is 12.9. The van der Waals surface area contributed by atoms with E-state index in [0.29, 0.717) is 6.61 Å². The van der Waals surface area contributed by atoms with E-state index in [-0.39, 0.29) is 5.41 Å². The van der Waals surface area contributed by atoms with Crippen LogP contribution in [0.25, 0.3) is 0 Å². The molecule has 2 nitrogen and oxygen atoms in total. The first-order valence-corrected chi connectivity index (χ1v) is 8.20. The van der Waals surface area contributed by atoms with Crippen LogP contribution in [0.1, 0.15) is 51.9 Å². The van der Waals surface area contributed by atoms with Gasteiger partial charge in [-0.2, -0.15) is 0 Å². The predicted octanol–water partition coefficient (Wildman–Crippen LogP) is 4.24. The average Bonchev–Trinajstić information content (AvgIpc) is 2.53. The minimum Gasteiger partial charge on any atom is -0.396 e. The van der Waals surface area contributed by atoms with Crippen molar-refractivity contribution in [2.45, 2.75) is 51.9 Å². The van der Waals surface area contributed by atoms with E-state index in [2.05, 4.69) is 42.2 Å². The second kappa shape index (κ2) is 7.68. The quantitative estimate of drug-likeness (QED) is 0.804. The largest absolute Gasteiger partial charge is 0.396 e. The van der Waals surface area contributed by atoms with Gasteiger partial charge in [-0.05, 0) is 31.4 Å². The number of aliphatic hydroxyl groups excluding tert-OH is 1. The van der Waals surface area contributed by atoms with Gasteiger partial charge in [0.2, 0.25) is 0 Å². The molecule has 0 saturated heterocycles. The number of hydrogen-bond acceptors (Lipinski definition) is 2. The normalized spacial score (nSPS) is 17.9. The van der Waals surface area contributed by atoms with Crippen LogP contribution in [0.15, 0.2) is 30.3 Å². The van der Waals surface area contributed by atoms with Crippen LogP contribution in [-0.2, 0) is 0 Å². The molecule has 1 aliphatic carbocycles. The molecule has 0 heterocycles. The van der Waals surface area contributed by atoms with E-state index in [0.717, 1.165) is 13.1 Å². The number of benzene rings is 1. The van der Waals surface area contributed by atoms with E-state index < -0.39 is 0 Å². The van der Waals surface area contributed by atoms with Gasteiger partial charge in [-0.3, -0.25) is 0 Å². The van der Waals surface area contributed by atoms with Gasteiger partial charge in [0.05, 0.1) is 6.61 Å². The Morgan fingerprint density at radius 2 is 1.80 bits per heavy atom. The van der Waals surface area contributed by atoms with Gasteiger partial charge in [0, 0.05) is 24.2 Å². The molecule has 112 valence electrons. The average molecular weight is 275 g/mol. The van der Waals surface area contributed by atoms with Gasteiger partial charge in [-0.15, -0.1) is 0 Å².